The number of methoxy groups -OCH3 is 2. The van der Waals surface area contributed by atoms with E-state index in [9.17, 15) is 14.9 Å². The third kappa shape index (κ3) is 3.70. The van der Waals surface area contributed by atoms with Gasteiger partial charge in [-0.1, -0.05) is 17.7 Å². The number of carbonyl (C=O) groups excluding carboxylic acids is 1. The third-order valence-corrected chi connectivity index (χ3v) is 3.34. The number of nitrogens with one attached hydrogen (secondary N) is 1. The molecular formula is C15H13ClN2O5. The van der Waals surface area contributed by atoms with E-state index < -0.39 is 10.8 Å². The van der Waals surface area contributed by atoms with E-state index >= 15 is 0 Å². The van der Waals surface area contributed by atoms with Crippen molar-refractivity contribution < 1.29 is 19.2 Å². The second-order valence-corrected chi connectivity index (χ2v) is 4.86. The molecule has 0 aliphatic heterocycles. The molecule has 0 saturated carbocycles. The molecule has 7 nitrogen and oxygen atoms in total. The maximum atomic E-state index is 12.3. The average Bonchev–Trinajstić information content (AvgIpc) is 2.55. The van der Waals surface area contributed by atoms with Crippen molar-refractivity contribution in [2.75, 3.05) is 19.5 Å². The second kappa shape index (κ2) is 6.97. The van der Waals surface area contributed by atoms with Crippen LogP contribution >= 0.6 is 11.6 Å². The first kappa shape index (κ1) is 16.6. The molecule has 0 unspecified atom stereocenters. The number of nitro benzene ring substituents is 1. The van der Waals surface area contributed by atoms with Gasteiger partial charge in [-0.05, 0) is 6.07 Å². The average molecular weight is 337 g/mol. The van der Waals surface area contributed by atoms with E-state index in [2.05, 4.69) is 5.32 Å². The van der Waals surface area contributed by atoms with E-state index in [1.807, 2.05) is 0 Å². The molecule has 0 aromatic heterocycles. The van der Waals surface area contributed by atoms with Gasteiger partial charge in [0.2, 0.25) is 0 Å². The van der Waals surface area contributed by atoms with Crippen molar-refractivity contribution in [1.82, 2.24) is 0 Å². The lowest BCUT2D eigenvalue weighted by molar-refractivity contribution is -0.384. The smallest absolute Gasteiger partial charge is 0.270 e. The van der Waals surface area contributed by atoms with Gasteiger partial charge in [0, 0.05) is 29.8 Å². The number of carbonyl (C=O) groups is 1. The largest absolute Gasteiger partial charge is 0.495 e. The zero-order valence-electron chi connectivity index (χ0n) is 12.3. The maximum absolute atomic E-state index is 12.3. The summed E-state index contributed by atoms with van der Waals surface area (Å²) in [6, 6.07) is 8.42. The Labute approximate surface area is 136 Å². The molecule has 23 heavy (non-hydrogen) atoms. The third-order valence-electron chi connectivity index (χ3n) is 3.04. The Morgan fingerprint density at radius 2 is 1.87 bits per heavy atom. The van der Waals surface area contributed by atoms with Gasteiger partial charge in [-0.2, -0.15) is 0 Å². The highest BCUT2D eigenvalue weighted by molar-refractivity contribution is 6.32. The minimum atomic E-state index is -0.567. The molecule has 1 amide bonds. The van der Waals surface area contributed by atoms with Gasteiger partial charge >= 0.3 is 0 Å². The van der Waals surface area contributed by atoms with Crippen molar-refractivity contribution in [3.05, 3.63) is 57.1 Å². The normalized spacial score (nSPS) is 10.0. The van der Waals surface area contributed by atoms with Gasteiger partial charge in [0.05, 0.1) is 29.9 Å². The molecule has 0 aliphatic rings. The highest BCUT2D eigenvalue weighted by Crippen LogP contribution is 2.36. The lowest BCUT2D eigenvalue weighted by Gasteiger charge is -2.13. The lowest BCUT2D eigenvalue weighted by atomic mass is 10.2. The number of nitro groups is 1. The van der Waals surface area contributed by atoms with Crippen molar-refractivity contribution in [2.45, 2.75) is 0 Å². The summed E-state index contributed by atoms with van der Waals surface area (Å²) in [6.45, 7) is 0. The fraction of sp³-hybridized carbons (Fsp3) is 0.133. The summed E-state index contributed by atoms with van der Waals surface area (Å²) in [7, 11) is 2.88. The Balaban J connectivity index is 2.33. The number of anilines is 1. The minimum Gasteiger partial charge on any atom is -0.495 e. The van der Waals surface area contributed by atoms with Crippen LogP contribution in [0.5, 0.6) is 11.5 Å². The molecular weight excluding hydrogens is 324 g/mol. The van der Waals surface area contributed by atoms with Crippen molar-refractivity contribution in [3.63, 3.8) is 0 Å². The number of benzene rings is 2. The first-order valence-corrected chi connectivity index (χ1v) is 6.81. The van der Waals surface area contributed by atoms with Crippen molar-refractivity contribution in [1.29, 1.82) is 0 Å². The quantitative estimate of drug-likeness (QED) is 0.666. The molecule has 0 bridgehead atoms. The Morgan fingerprint density at radius 3 is 2.48 bits per heavy atom. The predicted octanol–water partition coefficient (Wildman–Crippen LogP) is 3.52. The number of hydrogen-bond acceptors (Lipinski definition) is 5. The molecule has 2 rings (SSSR count). The van der Waals surface area contributed by atoms with Gasteiger partial charge in [-0.3, -0.25) is 14.9 Å². The van der Waals surface area contributed by atoms with Crippen molar-refractivity contribution >= 4 is 28.9 Å². The molecule has 8 heteroatoms. The van der Waals surface area contributed by atoms with Crippen LogP contribution in [0, 0.1) is 10.1 Å². The van der Waals surface area contributed by atoms with E-state index in [1.54, 1.807) is 0 Å². The van der Waals surface area contributed by atoms with Gasteiger partial charge in [-0.25, -0.2) is 0 Å². The van der Waals surface area contributed by atoms with E-state index in [-0.39, 0.29) is 11.3 Å². The van der Waals surface area contributed by atoms with Gasteiger partial charge in [0.1, 0.15) is 11.5 Å². The van der Waals surface area contributed by atoms with Gasteiger partial charge in [0.15, 0.2) is 0 Å². The first-order chi connectivity index (χ1) is 11.0. The Morgan fingerprint density at radius 1 is 1.17 bits per heavy atom. The Bertz CT molecular complexity index is 764. The number of rotatable bonds is 5. The summed E-state index contributed by atoms with van der Waals surface area (Å²) in [4.78, 5) is 22.5. The van der Waals surface area contributed by atoms with Crippen LogP contribution in [-0.2, 0) is 0 Å². The van der Waals surface area contributed by atoms with Crippen LogP contribution in [0.4, 0.5) is 11.4 Å². The number of non-ortho nitro benzene ring substituents is 1. The zero-order chi connectivity index (χ0) is 17.0. The molecule has 0 aliphatic carbocycles. The number of amides is 1. The number of halogens is 1. The molecule has 0 heterocycles. The summed E-state index contributed by atoms with van der Waals surface area (Å²) < 4.78 is 10.3. The van der Waals surface area contributed by atoms with Crippen molar-refractivity contribution in [3.8, 4) is 11.5 Å². The molecule has 0 saturated heterocycles. The summed E-state index contributed by atoms with van der Waals surface area (Å²) in [5.74, 6) is 0.188. The van der Waals surface area contributed by atoms with Gasteiger partial charge in [-0.15, -0.1) is 0 Å². The van der Waals surface area contributed by atoms with Crippen LogP contribution in [0.2, 0.25) is 5.02 Å². The SMILES string of the molecule is COc1cc(NC(=O)c2cccc([N+](=O)[O-])c2)c(OC)cc1Cl. The molecule has 120 valence electrons. The second-order valence-electron chi connectivity index (χ2n) is 4.45. The zero-order valence-corrected chi connectivity index (χ0v) is 13.1. The van der Waals surface area contributed by atoms with E-state index in [0.717, 1.165) is 0 Å². The standard InChI is InChI=1S/C15H13ClN2O5/c1-22-13-8-12(14(23-2)7-11(13)16)17-15(19)9-4-3-5-10(6-9)18(20)21/h3-8H,1-2H3,(H,17,19). The molecule has 1 N–H and O–H groups in total. The summed E-state index contributed by atoms with van der Waals surface area (Å²) in [5, 5.41) is 13.7. The van der Waals surface area contributed by atoms with E-state index in [1.165, 1.54) is 50.6 Å². The molecule has 0 spiro atoms. The highest BCUT2D eigenvalue weighted by atomic mass is 35.5. The summed E-state index contributed by atoms with van der Waals surface area (Å²) >= 11 is 6.00. The molecule has 0 fully saturated rings. The first-order valence-electron chi connectivity index (χ1n) is 6.43. The Hall–Kier alpha value is -2.80. The number of hydrogen-bond donors (Lipinski definition) is 1. The number of nitrogens with zero attached hydrogens (tertiary/aromatic N) is 1. The molecule has 2 aromatic carbocycles. The minimum absolute atomic E-state index is 0.148. The predicted molar refractivity (Wildman–Crippen MR) is 85.6 cm³/mol. The Kier molecular flexibility index (Phi) is 5.02. The van der Waals surface area contributed by atoms with Crippen LogP contribution in [0.3, 0.4) is 0 Å². The maximum Gasteiger partial charge on any atom is 0.270 e. The van der Waals surface area contributed by atoms with Crippen LogP contribution < -0.4 is 14.8 Å². The van der Waals surface area contributed by atoms with Gasteiger partial charge < -0.3 is 14.8 Å². The van der Waals surface area contributed by atoms with Crippen LogP contribution in [-0.4, -0.2) is 25.1 Å². The fourth-order valence-corrected chi connectivity index (χ4v) is 2.14. The summed E-state index contributed by atoms with van der Waals surface area (Å²) in [6.07, 6.45) is 0. The van der Waals surface area contributed by atoms with Crippen LogP contribution in [0.25, 0.3) is 0 Å². The van der Waals surface area contributed by atoms with Crippen molar-refractivity contribution in [2.24, 2.45) is 0 Å². The summed E-state index contributed by atoms with van der Waals surface area (Å²) in [5.41, 5.74) is 0.318. The lowest BCUT2D eigenvalue weighted by Crippen LogP contribution is -2.13. The van der Waals surface area contributed by atoms with Crippen LogP contribution in [0.15, 0.2) is 36.4 Å². The monoisotopic (exact) mass is 336 g/mol. The highest BCUT2D eigenvalue weighted by Gasteiger charge is 2.15. The van der Waals surface area contributed by atoms with Crippen LogP contribution in [0.1, 0.15) is 10.4 Å². The molecule has 2 aromatic rings. The fourth-order valence-electron chi connectivity index (χ4n) is 1.91. The molecule has 0 atom stereocenters. The van der Waals surface area contributed by atoms with E-state index in [0.29, 0.717) is 22.2 Å². The number of ether oxygens (including phenoxy) is 2. The topological polar surface area (TPSA) is 90.7 Å². The van der Waals surface area contributed by atoms with Gasteiger partial charge in [0.25, 0.3) is 11.6 Å². The molecule has 0 radical (unpaired) electrons. The van der Waals surface area contributed by atoms with E-state index in [4.69, 9.17) is 21.1 Å².